The van der Waals surface area contributed by atoms with Crippen molar-refractivity contribution < 1.29 is 4.74 Å². The SMILES string of the molecule is CN(C)c1cc(Cl)nc(OCc2ccsc2)c1. The van der Waals surface area contributed by atoms with E-state index in [-0.39, 0.29) is 0 Å². The molecule has 0 N–H and O–H groups in total. The number of rotatable bonds is 4. The number of anilines is 1. The molecule has 0 bridgehead atoms. The molecule has 0 saturated carbocycles. The fourth-order valence-corrected chi connectivity index (χ4v) is 2.17. The molecule has 2 aromatic rings. The van der Waals surface area contributed by atoms with E-state index >= 15 is 0 Å². The van der Waals surface area contributed by atoms with Crippen molar-refractivity contribution in [2.24, 2.45) is 0 Å². The van der Waals surface area contributed by atoms with Crippen LogP contribution < -0.4 is 9.64 Å². The van der Waals surface area contributed by atoms with Gasteiger partial charge in [0.05, 0.1) is 0 Å². The lowest BCUT2D eigenvalue weighted by molar-refractivity contribution is 0.294. The molecule has 0 aliphatic heterocycles. The van der Waals surface area contributed by atoms with Crippen LogP contribution in [0.15, 0.2) is 29.0 Å². The maximum absolute atomic E-state index is 5.94. The van der Waals surface area contributed by atoms with E-state index in [1.54, 1.807) is 17.4 Å². The van der Waals surface area contributed by atoms with E-state index in [1.165, 1.54) is 0 Å². The number of nitrogens with zero attached hydrogens (tertiary/aromatic N) is 2. The molecule has 0 aliphatic rings. The Morgan fingerprint density at radius 3 is 2.88 bits per heavy atom. The van der Waals surface area contributed by atoms with Gasteiger partial charge in [0.2, 0.25) is 5.88 Å². The number of ether oxygens (including phenoxy) is 1. The van der Waals surface area contributed by atoms with Crippen molar-refractivity contribution in [2.45, 2.75) is 6.61 Å². The van der Waals surface area contributed by atoms with Crippen molar-refractivity contribution in [3.63, 3.8) is 0 Å². The summed E-state index contributed by atoms with van der Waals surface area (Å²) in [5, 5.41) is 4.52. The molecule has 0 radical (unpaired) electrons. The molecule has 2 heterocycles. The van der Waals surface area contributed by atoms with Gasteiger partial charge in [-0.15, -0.1) is 0 Å². The summed E-state index contributed by atoms with van der Waals surface area (Å²) < 4.78 is 5.61. The zero-order valence-electron chi connectivity index (χ0n) is 9.68. The molecule has 2 aromatic heterocycles. The first-order chi connectivity index (χ1) is 8.15. The Morgan fingerprint density at radius 2 is 2.24 bits per heavy atom. The molecular weight excluding hydrogens is 256 g/mol. The van der Waals surface area contributed by atoms with Gasteiger partial charge < -0.3 is 9.64 Å². The fourth-order valence-electron chi connectivity index (χ4n) is 1.32. The van der Waals surface area contributed by atoms with Crippen LogP contribution in [0.4, 0.5) is 5.69 Å². The summed E-state index contributed by atoms with van der Waals surface area (Å²) >= 11 is 7.59. The summed E-state index contributed by atoms with van der Waals surface area (Å²) in [7, 11) is 3.91. The summed E-state index contributed by atoms with van der Waals surface area (Å²) in [6.45, 7) is 0.518. The van der Waals surface area contributed by atoms with Gasteiger partial charge >= 0.3 is 0 Å². The molecule has 0 atom stereocenters. The molecule has 0 spiro atoms. The van der Waals surface area contributed by atoms with Crippen LogP contribution in [0.5, 0.6) is 5.88 Å². The van der Waals surface area contributed by atoms with Gasteiger partial charge in [0.1, 0.15) is 11.8 Å². The molecule has 0 aromatic carbocycles. The average molecular weight is 269 g/mol. The molecule has 5 heteroatoms. The van der Waals surface area contributed by atoms with Crippen LogP contribution in [-0.2, 0) is 6.61 Å². The van der Waals surface area contributed by atoms with E-state index < -0.39 is 0 Å². The second kappa shape index (κ2) is 5.38. The van der Waals surface area contributed by atoms with Gasteiger partial charge in [0, 0.05) is 31.4 Å². The van der Waals surface area contributed by atoms with Crippen molar-refractivity contribution in [3.05, 3.63) is 39.7 Å². The van der Waals surface area contributed by atoms with E-state index in [4.69, 9.17) is 16.3 Å². The van der Waals surface area contributed by atoms with Crippen LogP contribution in [0.1, 0.15) is 5.56 Å². The minimum absolute atomic E-state index is 0.441. The van der Waals surface area contributed by atoms with Gasteiger partial charge in [-0.05, 0) is 22.9 Å². The van der Waals surface area contributed by atoms with Crippen molar-refractivity contribution >= 4 is 28.6 Å². The van der Waals surface area contributed by atoms with Gasteiger partial charge in [-0.2, -0.15) is 11.3 Å². The van der Waals surface area contributed by atoms with Crippen molar-refractivity contribution in [1.29, 1.82) is 0 Å². The highest BCUT2D eigenvalue weighted by molar-refractivity contribution is 7.07. The van der Waals surface area contributed by atoms with Crippen LogP contribution in [0.3, 0.4) is 0 Å². The third-order valence-corrected chi connectivity index (χ3v) is 3.16. The molecular formula is C12H13ClN2OS. The van der Waals surface area contributed by atoms with Crippen LogP contribution >= 0.6 is 22.9 Å². The fraction of sp³-hybridized carbons (Fsp3) is 0.250. The summed E-state index contributed by atoms with van der Waals surface area (Å²) in [5.74, 6) is 0.549. The maximum atomic E-state index is 5.94. The molecule has 0 saturated heterocycles. The first-order valence-electron chi connectivity index (χ1n) is 5.14. The Hall–Kier alpha value is -1.26. The van der Waals surface area contributed by atoms with Gasteiger partial charge in [-0.3, -0.25) is 0 Å². The zero-order chi connectivity index (χ0) is 12.3. The Bertz CT molecular complexity index is 485. The smallest absolute Gasteiger partial charge is 0.217 e. The second-order valence-corrected chi connectivity index (χ2v) is 4.97. The van der Waals surface area contributed by atoms with Gasteiger partial charge in [0.15, 0.2) is 0 Å². The lowest BCUT2D eigenvalue weighted by atomic mass is 10.3. The summed E-state index contributed by atoms with van der Waals surface area (Å²) in [6.07, 6.45) is 0. The molecule has 17 heavy (non-hydrogen) atoms. The average Bonchev–Trinajstić information content (AvgIpc) is 2.78. The topological polar surface area (TPSA) is 25.4 Å². The summed E-state index contributed by atoms with van der Waals surface area (Å²) in [5.41, 5.74) is 2.12. The molecule has 0 aliphatic carbocycles. The van der Waals surface area contributed by atoms with Gasteiger partial charge in [0.25, 0.3) is 0 Å². The monoisotopic (exact) mass is 268 g/mol. The van der Waals surface area contributed by atoms with E-state index in [9.17, 15) is 0 Å². The van der Waals surface area contributed by atoms with Crippen LogP contribution in [0, 0.1) is 0 Å². The predicted molar refractivity (Wildman–Crippen MR) is 72.2 cm³/mol. The third-order valence-electron chi connectivity index (χ3n) is 2.24. The lowest BCUT2D eigenvalue weighted by Gasteiger charge is -2.14. The molecule has 0 amide bonds. The number of halogens is 1. The molecule has 2 rings (SSSR count). The van der Waals surface area contributed by atoms with Crippen LogP contribution in [-0.4, -0.2) is 19.1 Å². The molecule has 0 fully saturated rings. The standard InChI is InChI=1S/C12H13ClN2OS/c1-15(2)10-5-11(13)14-12(6-10)16-7-9-3-4-17-8-9/h3-6,8H,7H2,1-2H3. The number of thiophene rings is 1. The van der Waals surface area contributed by atoms with Crippen molar-refractivity contribution in [1.82, 2.24) is 4.98 Å². The Balaban J connectivity index is 2.10. The Labute approximate surface area is 110 Å². The third kappa shape index (κ3) is 3.35. The minimum Gasteiger partial charge on any atom is -0.473 e. The number of aromatic nitrogens is 1. The van der Waals surface area contributed by atoms with Crippen molar-refractivity contribution in [2.75, 3.05) is 19.0 Å². The normalized spacial score (nSPS) is 10.3. The van der Waals surface area contributed by atoms with E-state index in [0.717, 1.165) is 11.3 Å². The van der Waals surface area contributed by atoms with Crippen LogP contribution in [0.2, 0.25) is 5.15 Å². The van der Waals surface area contributed by atoms with Gasteiger partial charge in [-0.1, -0.05) is 11.6 Å². The zero-order valence-corrected chi connectivity index (χ0v) is 11.3. The summed E-state index contributed by atoms with van der Waals surface area (Å²) in [6, 6.07) is 5.71. The highest BCUT2D eigenvalue weighted by Crippen LogP contribution is 2.23. The largest absolute Gasteiger partial charge is 0.473 e. The molecule has 90 valence electrons. The minimum atomic E-state index is 0.441. The molecule has 0 unspecified atom stereocenters. The predicted octanol–water partition coefficient (Wildman–Crippen LogP) is 3.44. The van der Waals surface area contributed by atoms with Crippen molar-refractivity contribution in [3.8, 4) is 5.88 Å². The second-order valence-electron chi connectivity index (χ2n) is 3.80. The van der Waals surface area contributed by atoms with Crippen LogP contribution in [0.25, 0.3) is 0 Å². The van der Waals surface area contributed by atoms with E-state index in [0.29, 0.717) is 17.6 Å². The highest BCUT2D eigenvalue weighted by Gasteiger charge is 2.04. The molecule has 3 nitrogen and oxygen atoms in total. The maximum Gasteiger partial charge on any atom is 0.217 e. The van der Waals surface area contributed by atoms with E-state index in [2.05, 4.69) is 10.4 Å². The lowest BCUT2D eigenvalue weighted by Crippen LogP contribution is -2.09. The first-order valence-corrected chi connectivity index (χ1v) is 6.46. The number of pyridine rings is 1. The Kier molecular flexibility index (Phi) is 3.86. The van der Waals surface area contributed by atoms with E-state index in [1.807, 2.05) is 36.5 Å². The first kappa shape index (κ1) is 12.2. The highest BCUT2D eigenvalue weighted by atomic mass is 35.5. The Morgan fingerprint density at radius 1 is 1.41 bits per heavy atom. The van der Waals surface area contributed by atoms with Gasteiger partial charge in [-0.25, -0.2) is 4.98 Å². The number of hydrogen-bond acceptors (Lipinski definition) is 4. The quantitative estimate of drug-likeness (QED) is 0.795. The summed E-state index contributed by atoms with van der Waals surface area (Å²) in [4.78, 5) is 6.10. The number of hydrogen-bond donors (Lipinski definition) is 0.